The summed E-state index contributed by atoms with van der Waals surface area (Å²) < 4.78 is 1.00. The van der Waals surface area contributed by atoms with Crippen molar-refractivity contribution in [2.45, 2.75) is 13.0 Å². The normalized spacial score (nSPS) is 15.8. The Bertz CT molecular complexity index is 484. The van der Waals surface area contributed by atoms with Crippen molar-refractivity contribution in [1.82, 2.24) is 15.1 Å². The fourth-order valence-corrected chi connectivity index (χ4v) is 3.59. The first-order chi connectivity index (χ1) is 9.58. The van der Waals surface area contributed by atoms with Gasteiger partial charge in [-0.25, -0.2) is 0 Å². The van der Waals surface area contributed by atoms with Crippen molar-refractivity contribution in [2.24, 2.45) is 0 Å². The SMILES string of the molecule is CN(Cc1cc(Br)cs1)C(=O)C(=O)N1CCCNCC1. The van der Waals surface area contributed by atoms with Crippen LogP contribution in [0.15, 0.2) is 15.9 Å². The van der Waals surface area contributed by atoms with E-state index < -0.39 is 11.8 Å². The van der Waals surface area contributed by atoms with E-state index >= 15 is 0 Å². The van der Waals surface area contributed by atoms with Crippen LogP contribution in [0.2, 0.25) is 0 Å². The van der Waals surface area contributed by atoms with Crippen LogP contribution < -0.4 is 5.32 Å². The Balaban J connectivity index is 1.93. The molecule has 0 aromatic carbocycles. The van der Waals surface area contributed by atoms with Gasteiger partial charge in [0, 0.05) is 41.4 Å². The number of carbonyl (C=O) groups is 2. The number of amides is 2. The van der Waals surface area contributed by atoms with Gasteiger partial charge in [-0.2, -0.15) is 0 Å². The number of halogens is 1. The van der Waals surface area contributed by atoms with Crippen LogP contribution in [0.1, 0.15) is 11.3 Å². The third-order valence-electron chi connectivity index (χ3n) is 3.17. The van der Waals surface area contributed by atoms with Crippen LogP contribution in [-0.2, 0) is 16.1 Å². The molecule has 1 aliphatic heterocycles. The molecular weight excluding hydrogens is 342 g/mol. The zero-order chi connectivity index (χ0) is 14.5. The third kappa shape index (κ3) is 4.04. The van der Waals surface area contributed by atoms with E-state index in [1.807, 2.05) is 11.4 Å². The van der Waals surface area contributed by atoms with Gasteiger partial charge in [0.2, 0.25) is 0 Å². The van der Waals surface area contributed by atoms with E-state index in [9.17, 15) is 9.59 Å². The van der Waals surface area contributed by atoms with Crippen molar-refractivity contribution in [2.75, 3.05) is 33.2 Å². The lowest BCUT2D eigenvalue weighted by Crippen LogP contribution is -2.44. The quantitative estimate of drug-likeness (QED) is 0.809. The molecule has 1 saturated heterocycles. The van der Waals surface area contributed by atoms with E-state index in [1.54, 1.807) is 23.3 Å². The third-order valence-corrected chi connectivity index (χ3v) is 4.85. The van der Waals surface area contributed by atoms with Crippen LogP contribution in [0.3, 0.4) is 0 Å². The number of hydrogen-bond donors (Lipinski definition) is 1. The molecule has 0 radical (unpaired) electrons. The molecule has 1 aromatic rings. The average Bonchev–Trinajstić information content (AvgIpc) is 2.69. The summed E-state index contributed by atoms with van der Waals surface area (Å²) in [4.78, 5) is 28.5. The number of rotatable bonds is 2. The minimum absolute atomic E-state index is 0.396. The maximum atomic E-state index is 12.2. The summed E-state index contributed by atoms with van der Waals surface area (Å²) in [6.45, 7) is 3.36. The molecule has 0 spiro atoms. The summed E-state index contributed by atoms with van der Waals surface area (Å²) in [5.74, 6) is -0.830. The zero-order valence-corrected chi connectivity index (χ0v) is 13.8. The molecule has 0 saturated carbocycles. The second-order valence-corrected chi connectivity index (χ2v) is 6.70. The molecule has 5 nitrogen and oxygen atoms in total. The molecule has 2 amide bonds. The number of nitrogens with one attached hydrogen (secondary N) is 1. The molecule has 20 heavy (non-hydrogen) atoms. The maximum absolute atomic E-state index is 12.2. The highest BCUT2D eigenvalue weighted by Crippen LogP contribution is 2.20. The van der Waals surface area contributed by atoms with E-state index in [2.05, 4.69) is 21.2 Å². The van der Waals surface area contributed by atoms with E-state index in [0.717, 1.165) is 28.9 Å². The molecule has 1 N–H and O–H groups in total. The molecular formula is C13H18BrN3O2S. The van der Waals surface area contributed by atoms with Crippen molar-refractivity contribution in [3.8, 4) is 0 Å². The number of hydrogen-bond acceptors (Lipinski definition) is 4. The molecule has 2 rings (SSSR count). The number of likely N-dealkylation sites (N-methyl/N-ethyl adjacent to an activating group) is 1. The van der Waals surface area contributed by atoms with E-state index in [0.29, 0.717) is 19.6 Å². The Labute approximate surface area is 131 Å². The first-order valence-corrected chi connectivity index (χ1v) is 8.23. The highest BCUT2D eigenvalue weighted by atomic mass is 79.9. The lowest BCUT2D eigenvalue weighted by Gasteiger charge is -2.22. The minimum atomic E-state index is -0.434. The maximum Gasteiger partial charge on any atom is 0.312 e. The molecule has 0 aliphatic carbocycles. The van der Waals surface area contributed by atoms with Gasteiger partial charge in [0.05, 0.1) is 6.54 Å². The fraction of sp³-hybridized carbons (Fsp3) is 0.538. The van der Waals surface area contributed by atoms with E-state index in [1.165, 1.54) is 4.90 Å². The van der Waals surface area contributed by atoms with E-state index in [-0.39, 0.29) is 0 Å². The van der Waals surface area contributed by atoms with Crippen molar-refractivity contribution < 1.29 is 9.59 Å². The van der Waals surface area contributed by atoms with Crippen LogP contribution in [0.4, 0.5) is 0 Å². The highest BCUT2D eigenvalue weighted by Gasteiger charge is 2.25. The van der Waals surface area contributed by atoms with Gasteiger partial charge >= 0.3 is 11.8 Å². The standard InChI is InChI=1S/C13H18BrN3O2S/c1-16(8-11-7-10(14)9-20-11)12(18)13(19)17-5-2-3-15-4-6-17/h7,9,15H,2-6,8H2,1H3. The average molecular weight is 360 g/mol. The topological polar surface area (TPSA) is 52.7 Å². The largest absolute Gasteiger partial charge is 0.333 e. The minimum Gasteiger partial charge on any atom is -0.333 e. The molecule has 7 heteroatoms. The summed E-state index contributed by atoms with van der Waals surface area (Å²) in [5, 5.41) is 5.19. The van der Waals surface area contributed by atoms with Gasteiger partial charge in [-0.3, -0.25) is 9.59 Å². The van der Waals surface area contributed by atoms with Gasteiger partial charge < -0.3 is 15.1 Å². The zero-order valence-electron chi connectivity index (χ0n) is 11.4. The predicted molar refractivity (Wildman–Crippen MR) is 82.6 cm³/mol. The molecule has 0 bridgehead atoms. The smallest absolute Gasteiger partial charge is 0.312 e. The first-order valence-electron chi connectivity index (χ1n) is 6.56. The summed E-state index contributed by atoms with van der Waals surface area (Å²) >= 11 is 4.95. The van der Waals surface area contributed by atoms with Crippen molar-refractivity contribution in [3.05, 3.63) is 20.8 Å². The predicted octanol–water partition coefficient (Wildman–Crippen LogP) is 1.29. The van der Waals surface area contributed by atoms with Gasteiger partial charge in [-0.1, -0.05) is 0 Å². The van der Waals surface area contributed by atoms with Crippen LogP contribution >= 0.6 is 27.3 Å². The van der Waals surface area contributed by atoms with Gasteiger partial charge in [-0.15, -0.1) is 11.3 Å². The molecule has 0 unspecified atom stereocenters. The Morgan fingerprint density at radius 3 is 2.95 bits per heavy atom. The number of nitrogens with zero attached hydrogens (tertiary/aromatic N) is 2. The van der Waals surface area contributed by atoms with Gasteiger partial charge in [0.15, 0.2) is 0 Å². The van der Waals surface area contributed by atoms with Crippen molar-refractivity contribution in [3.63, 3.8) is 0 Å². The van der Waals surface area contributed by atoms with Crippen LogP contribution in [0.5, 0.6) is 0 Å². The molecule has 2 heterocycles. The molecule has 0 atom stereocenters. The summed E-state index contributed by atoms with van der Waals surface area (Å²) in [7, 11) is 1.67. The summed E-state index contributed by atoms with van der Waals surface area (Å²) in [6, 6.07) is 1.97. The molecule has 1 aliphatic rings. The van der Waals surface area contributed by atoms with Crippen molar-refractivity contribution in [1.29, 1.82) is 0 Å². The fourth-order valence-electron chi connectivity index (χ4n) is 2.09. The highest BCUT2D eigenvalue weighted by molar-refractivity contribution is 9.10. The first kappa shape index (κ1) is 15.5. The lowest BCUT2D eigenvalue weighted by atomic mass is 10.3. The monoisotopic (exact) mass is 359 g/mol. The molecule has 1 aromatic heterocycles. The van der Waals surface area contributed by atoms with Gasteiger partial charge in [0.1, 0.15) is 0 Å². The second kappa shape index (κ2) is 7.19. The summed E-state index contributed by atoms with van der Waals surface area (Å²) in [5.41, 5.74) is 0. The number of carbonyl (C=O) groups excluding carboxylic acids is 2. The van der Waals surface area contributed by atoms with Crippen LogP contribution in [-0.4, -0.2) is 54.8 Å². The number of thiophene rings is 1. The van der Waals surface area contributed by atoms with Crippen LogP contribution in [0.25, 0.3) is 0 Å². The Kier molecular flexibility index (Phi) is 5.56. The van der Waals surface area contributed by atoms with E-state index in [4.69, 9.17) is 0 Å². The lowest BCUT2D eigenvalue weighted by molar-refractivity contribution is -0.151. The Hall–Kier alpha value is -0.920. The Morgan fingerprint density at radius 2 is 2.25 bits per heavy atom. The van der Waals surface area contributed by atoms with Gasteiger partial charge in [-0.05, 0) is 35.0 Å². The second-order valence-electron chi connectivity index (χ2n) is 4.79. The van der Waals surface area contributed by atoms with Crippen molar-refractivity contribution >= 4 is 39.1 Å². The van der Waals surface area contributed by atoms with Crippen LogP contribution in [0, 0.1) is 0 Å². The molecule has 110 valence electrons. The Morgan fingerprint density at radius 1 is 1.45 bits per heavy atom. The van der Waals surface area contributed by atoms with Gasteiger partial charge in [0.25, 0.3) is 0 Å². The molecule has 1 fully saturated rings. The summed E-state index contributed by atoms with van der Waals surface area (Å²) in [6.07, 6.45) is 0.889.